The van der Waals surface area contributed by atoms with Gasteiger partial charge in [0, 0.05) is 6.61 Å². The highest BCUT2D eigenvalue weighted by Gasteiger charge is 2.68. The highest BCUT2D eigenvalue weighted by molar-refractivity contribution is 5.49. The lowest BCUT2D eigenvalue weighted by Gasteiger charge is -2.71. The molecule has 1 nitrogen and oxygen atoms in total. The van der Waals surface area contributed by atoms with Gasteiger partial charge in [0.1, 0.15) is 0 Å². The third-order valence-corrected chi connectivity index (χ3v) is 4.68. The zero-order valence-corrected chi connectivity index (χ0v) is 10.4. The summed E-state index contributed by atoms with van der Waals surface area (Å²) in [7, 11) is 0. The Kier molecular flexibility index (Phi) is 1.87. The van der Waals surface area contributed by atoms with Crippen molar-refractivity contribution in [2.45, 2.75) is 45.4 Å². The van der Waals surface area contributed by atoms with Gasteiger partial charge in [0.15, 0.2) is 0 Å². The van der Waals surface area contributed by atoms with Crippen molar-refractivity contribution < 1.29 is 5.11 Å². The van der Waals surface area contributed by atoms with Crippen LogP contribution in [-0.4, -0.2) is 11.7 Å². The molecule has 3 aliphatic carbocycles. The molecule has 0 spiro atoms. The van der Waals surface area contributed by atoms with Gasteiger partial charge in [-0.25, -0.2) is 0 Å². The van der Waals surface area contributed by atoms with E-state index in [1.165, 1.54) is 36.0 Å². The Labute approximate surface area is 97.5 Å². The van der Waals surface area contributed by atoms with Crippen LogP contribution in [0.1, 0.15) is 41.5 Å². The van der Waals surface area contributed by atoms with Crippen LogP contribution in [0, 0.1) is 26.2 Å². The number of aliphatic hydroxyl groups is 1. The minimum absolute atomic E-state index is 0.309. The van der Waals surface area contributed by atoms with Crippen molar-refractivity contribution in [1.29, 1.82) is 0 Å². The predicted octanol–water partition coefficient (Wildman–Crippen LogP) is 3.03. The molecule has 0 aliphatic heterocycles. The van der Waals surface area contributed by atoms with Crippen molar-refractivity contribution >= 4 is 0 Å². The van der Waals surface area contributed by atoms with Gasteiger partial charge in [-0.1, -0.05) is 17.7 Å². The van der Waals surface area contributed by atoms with E-state index in [0.29, 0.717) is 17.4 Å². The zero-order chi connectivity index (χ0) is 11.6. The number of benzene rings is 1. The maximum atomic E-state index is 9.33. The van der Waals surface area contributed by atoms with E-state index >= 15 is 0 Å². The lowest BCUT2D eigenvalue weighted by molar-refractivity contribution is -0.168. The normalized spacial score (nSPS) is 35.5. The molecule has 0 unspecified atom stereocenters. The summed E-state index contributed by atoms with van der Waals surface area (Å²) in [4.78, 5) is 0. The molecule has 16 heavy (non-hydrogen) atoms. The van der Waals surface area contributed by atoms with Gasteiger partial charge in [-0.15, -0.1) is 0 Å². The summed E-state index contributed by atoms with van der Waals surface area (Å²) < 4.78 is 0. The molecule has 2 bridgehead atoms. The summed E-state index contributed by atoms with van der Waals surface area (Å²) >= 11 is 0. The fraction of sp³-hybridized carbons (Fsp3) is 0.600. The van der Waals surface area contributed by atoms with Gasteiger partial charge < -0.3 is 5.11 Å². The molecular formula is C15H20O. The number of hydrogen-bond acceptors (Lipinski definition) is 1. The first kappa shape index (κ1) is 10.3. The highest BCUT2D eigenvalue weighted by atomic mass is 16.3. The van der Waals surface area contributed by atoms with Gasteiger partial charge in [0.2, 0.25) is 0 Å². The summed E-state index contributed by atoms with van der Waals surface area (Å²) in [6.45, 7) is 7.03. The molecule has 1 heteroatoms. The molecular weight excluding hydrogens is 196 g/mol. The van der Waals surface area contributed by atoms with Gasteiger partial charge >= 0.3 is 0 Å². The second-order valence-electron chi connectivity index (χ2n) is 6.24. The smallest absolute Gasteiger partial charge is 0.0488 e. The van der Waals surface area contributed by atoms with E-state index in [9.17, 15) is 5.11 Å². The van der Waals surface area contributed by atoms with Crippen LogP contribution in [-0.2, 0) is 5.41 Å². The summed E-state index contributed by atoms with van der Waals surface area (Å²) in [5, 5.41) is 9.33. The average Bonchev–Trinajstić information content (AvgIpc) is 2.05. The van der Waals surface area contributed by atoms with Gasteiger partial charge in [0.05, 0.1) is 0 Å². The molecule has 3 saturated carbocycles. The quantitative estimate of drug-likeness (QED) is 0.805. The maximum absolute atomic E-state index is 9.33. The van der Waals surface area contributed by atoms with Crippen LogP contribution in [0.25, 0.3) is 0 Å². The number of aryl methyl sites for hydroxylation is 3. The highest BCUT2D eigenvalue weighted by Crippen LogP contribution is 2.74. The first-order valence-electron chi connectivity index (χ1n) is 6.20. The van der Waals surface area contributed by atoms with E-state index in [4.69, 9.17) is 0 Å². The number of aliphatic hydroxyl groups excluding tert-OH is 1. The van der Waals surface area contributed by atoms with Crippen molar-refractivity contribution in [3.05, 3.63) is 34.4 Å². The largest absolute Gasteiger partial charge is 0.396 e. The summed E-state index contributed by atoms with van der Waals surface area (Å²) in [5.41, 5.74) is 6.58. The fourth-order valence-corrected chi connectivity index (χ4v) is 4.45. The first-order valence-corrected chi connectivity index (χ1v) is 6.20. The van der Waals surface area contributed by atoms with E-state index < -0.39 is 0 Å². The Bertz CT molecular complexity index is 416. The molecule has 1 aromatic carbocycles. The first-order chi connectivity index (χ1) is 7.50. The molecule has 86 valence electrons. The average molecular weight is 216 g/mol. The summed E-state index contributed by atoms with van der Waals surface area (Å²) in [6, 6.07) is 4.60. The van der Waals surface area contributed by atoms with Gasteiger partial charge in [-0.3, -0.25) is 0 Å². The van der Waals surface area contributed by atoms with Crippen LogP contribution >= 0.6 is 0 Å². The zero-order valence-electron chi connectivity index (χ0n) is 10.4. The molecule has 0 aromatic heterocycles. The monoisotopic (exact) mass is 216 g/mol. The minimum Gasteiger partial charge on any atom is -0.396 e. The van der Waals surface area contributed by atoms with E-state index in [1.807, 2.05) is 0 Å². The van der Waals surface area contributed by atoms with Crippen molar-refractivity contribution in [1.82, 2.24) is 0 Å². The van der Waals surface area contributed by atoms with Crippen LogP contribution in [0.15, 0.2) is 12.1 Å². The lowest BCUT2D eigenvalue weighted by Crippen LogP contribution is -2.66. The van der Waals surface area contributed by atoms with E-state index in [0.717, 1.165) is 0 Å². The van der Waals surface area contributed by atoms with Crippen molar-refractivity contribution in [3.63, 3.8) is 0 Å². The van der Waals surface area contributed by atoms with Gasteiger partial charge in [-0.2, -0.15) is 0 Å². The number of hydrogen-bond donors (Lipinski definition) is 1. The Morgan fingerprint density at radius 3 is 2.00 bits per heavy atom. The van der Waals surface area contributed by atoms with Crippen LogP contribution in [0.3, 0.4) is 0 Å². The van der Waals surface area contributed by atoms with Crippen LogP contribution in [0.4, 0.5) is 0 Å². The second-order valence-corrected chi connectivity index (χ2v) is 6.24. The molecule has 1 aromatic rings. The molecule has 0 radical (unpaired) electrons. The second kappa shape index (κ2) is 2.89. The molecule has 3 aliphatic rings. The molecule has 0 saturated heterocycles. The molecule has 4 rings (SSSR count). The van der Waals surface area contributed by atoms with Crippen molar-refractivity contribution in [2.24, 2.45) is 5.41 Å². The third kappa shape index (κ3) is 1.10. The topological polar surface area (TPSA) is 20.2 Å². The SMILES string of the molecule is Cc1cc(C)c(C23CC(CO)(C2)C3)c(C)c1. The predicted molar refractivity (Wildman–Crippen MR) is 65.7 cm³/mol. The fourth-order valence-electron chi connectivity index (χ4n) is 4.45. The van der Waals surface area contributed by atoms with E-state index in [2.05, 4.69) is 32.9 Å². The minimum atomic E-state index is 0.309. The molecule has 0 atom stereocenters. The van der Waals surface area contributed by atoms with Crippen LogP contribution < -0.4 is 0 Å². The van der Waals surface area contributed by atoms with E-state index in [1.54, 1.807) is 5.56 Å². The van der Waals surface area contributed by atoms with Crippen LogP contribution in [0.2, 0.25) is 0 Å². The van der Waals surface area contributed by atoms with Gasteiger partial charge in [-0.05, 0) is 67.6 Å². The van der Waals surface area contributed by atoms with Crippen molar-refractivity contribution in [3.8, 4) is 0 Å². The Balaban J connectivity index is 1.98. The van der Waals surface area contributed by atoms with Gasteiger partial charge in [0.25, 0.3) is 0 Å². The Morgan fingerprint density at radius 2 is 1.56 bits per heavy atom. The van der Waals surface area contributed by atoms with Crippen LogP contribution in [0.5, 0.6) is 0 Å². The molecule has 3 fully saturated rings. The third-order valence-electron chi connectivity index (χ3n) is 4.68. The number of rotatable bonds is 2. The Hall–Kier alpha value is -0.820. The lowest BCUT2D eigenvalue weighted by atomic mass is 9.33. The summed E-state index contributed by atoms with van der Waals surface area (Å²) in [5.74, 6) is 0. The molecule has 1 N–H and O–H groups in total. The maximum Gasteiger partial charge on any atom is 0.0488 e. The van der Waals surface area contributed by atoms with Crippen molar-refractivity contribution in [2.75, 3.05) is 6.61 Å². The summed E-state index contributed by atoms with van der Waals surface area (Å²) in [6.07, 6.45) is 3.63. The Morgan fingerprint density at radius 1 is 1.06 bits per heavy atom. The standard InChI is InChI=1S/C15H20O/c1-10-4-11(2)13(12(3)5-10)15-6-14(7-15,8-15)9-16/h4-5,16H,6-9H2,1-3H3. The van der Waals surface area contributed by atoms with E-state index in [-0.39, 0.29) is 0 Å². The molecule has 0 amide bonds. The molecule has 0 heterocycles.